The molecule has 5 heterocycles. The Bertz CT molecular complexity index is 4900. The zero-order valence-electron chi connectivity index (χ0n) is 67.0. The number of carbonyl (C=O) groups is 5. The van der Waals surface area contributed by atoms with E-state index in [1.54, 1.807) is 0 Å². The van der Waals surface area contributed by atoms with Gasteiger partial charge in [-0.05, 0) is 235 Å². The summed E-state index contributed by atoms with van der Waals surface area (Å²) in [5, 5.41) is 11.6. The molecule has 7 fully saturated rings. The van der Waals surface area contributed by atoms with Gasteiger partial charge < -0.3 is 23.7 Å². The van der Waals surface area contributed by atoms with Crippen LogP contribution in [0.3, 0.4) is 0 Å². The van der Waals surface area contributed by atoms with Gasteiger partial charge in [-0.1, -0.05) is 124 Å². The Morgan fingerprint density at radius 3 is 0.696 bits per heavy atom. The second-order valence-electron chi connectivity index (χ2n) is 32.7. The molecule has 5 aliphatic heterocycles. The third kappa shape index (κ3) is 20.8. The Morgan fingerprint density at radius 2 is 0.473 bits per heavy atom. The van der Waals surface area contributed by atoms with Gasteiger partial charge in [0.05, 0.1) is 22.7 Å². The maximum Gasteiger partial charge on any atom is 0.316 e. The zero-order chi connectivity index (χ0) is 78.1. The van der Waals surface area contributed by atoms with Gasteiger partial charge in [-0.3, -0.25) is 24.0 Å². The minimum absolute atomic E-state index is 0.0366. The maximum atomic E-state index is 12.4. The first kappa shape index (κ1) is 82.6. The molecule has 10 aromatic carbocycles. The predicted molar refractivity (Wildman–Crippen MR) is 473 cm³/mol. The second kappa shape index (κ2) is 39.3. The van der Waals surface area contributed by atoms with Crippen molar-refractivity contribution in [1.82, 2.24) is 0 Å². The topological polar surface area (TPSA) is 132 Å². The Kier molecular flexibility index (Phi) is 29.0. The van der Waals surface area contributed by atoms with E-state index in [0.29, 0.717) is 78.1 Å². The van der Waals surface area contributed by atoms with Crippen molar-refractivity contribution in [3.8, 4) is 28.7 Å². The molecule has 2 aliphatic carbocycles. The summed E-state index contributed by atoms with van der Waals surface area (Å²) in [7, 11) is 1.79. The van der Waals surface area contributed by atoms with Crippen LogP contribution in [0.2, 0.25) is 0 Å². The van der Waals surface area contributed by atoms with Crippen molar-refractivity contribution in [1.29, 1.82) is 0 Å². The number of fused-ring (bicyclic) bond motifs is 5. The van der Waals surface area contributed by atoms with Crippen LogP contribution in [-0.4, -0.2) is 87.4 Å². The number of rotatable bonds is 13. The lowest BCUT2D eigenvalue weighted by Gasteiger charge is -2.19. The normalized spacial score (nSPS) is 17.6. The van der Waals surface area contributed by atoms with Crippen LogP contribution in [0, 0.1) is 22.7 Å². The molecule has 10 nitrogen and oxygen atoms in total. The smallest absolute Gasteiger partial charge is 0.316 e. The molecule has 7 aliphatic rings. The van der Waals surface area contributed by atoms with Gasteiger partial charge in [-0.2, -0.15) is 0 Å². The summed E-state index contributed by atoms with van der Waals surface area (Å²) in [5.74, 6) is 16.2. The fourth-order valence-electron chi connectivity index (χ4n) is 16.1. The first-order chi connectivity index (χ1) is 54.4. The van der Waals surface area contributed by atoms with Crippen LogP contribution in [0.15, 0.2) is 206 Å². The molecule has 0 unspecified atom stereocenters. The Labute approximate surface area is 679 Å². The number of hydrogen-bond acceptors (Lipinski definition) is 10. The zero-order valence-corrected chi connectivity index (χ0v) is 71.1. The summed E-state index contributed by atoms with van der Waals surface area (Å²) in [4.78, 5) is 68.0. The summed E-state index contributed by atoms with van der Waals surface area (Å²) in [6, 6.07) is 62.7. The van der Waals surface area contributed by atoms with Gasteiger partial charge >= 0.3 is 29.8 Å². The van der Waals surface area contributed by atoms with Crippen LogP contribution < -0.4 is 23.7 Å². The van der Waals surface area contributed by atoms with Gasteiger partial charge in [0, 0.05) is 115 Å². The van der Waals surface area contributed by atoms with E-state index in [1.807, 2.05) is 109 Å². The van der Waals surface area contributed by atoms with Crippen molar-refractivity contribution in [3.05, 3.63) is 182 Å². The van der Waals surface area contributed by atoms with Crippen LogP contribution in [0.25, 0.3) is 53.9 Å². The molecule has 17 rings (SSSR count). The maximum absolute atomic E-state index is 12.4. The van der Waals surface area contributed by atoms with Gasteiger partial charge in [0.1, 0.15) is 86.3 Å². The highest BCUT2D eigenvalue weighted by atomic mass is 32.2. The molecule has 112 heavy (non-hydrogen) atoms. The molecule has 15 heteroatoms. The Balaban J connectivity index is 0.000000123. The first-order valence-electron chi connectivity index (χ1n) is 41.4. The van der Waals surface area contributed by atoms with E-state index in [9.17, 15) is 24.0 Å². The van der Waals surface area contributed by atoms with E-state index in [0.717, 1.165) is 89.8 Å². The third-order valence-corrected chi connectivity index (χ3v) is 35.1. The number of benzene rings is 10. The third-order valence-electron chi connectivity index (χ3n) is 22.4. The monoisotopic (exact) mass is 1600 g/mol. The average molecular weight is 1600 g/mol. The van der Waals surface area contributed by atoms with Gasteiger partial charge in [-0.15, -0.1) is 0 Å². The van der Waals surface area contributed by atoms with Crippen molar-refractivity contribution in [2.45, 2.75) is 208 Å². The van der Waals surface area contributed by atoms with E-state index in [2.05, 4.69) is 121 Å². The largest absolute Gasteiger partial charge is 0.426 e. The van der Waals surface area contributed by atoms with Gasteiger partial charge in [0.2, 0.25) is 0 Å². The lowest BCUT2D eigenvalue weighted by atomic mass is 9.97. The minimum atomic E-state index is -0.495. The van der Waals surface area contributed by atoms with Crippen LogP contribution >= 0.6 is 0 Å². The summed E-state index contributed by atoms with van der Waals surface area (Å²) in [6.07, 6.45) is 25.1. The predicted octanol–water partition coefficient (Wildman–Crippen LogP) is 23.2. The molecule has 588 valence electrons. The number of hydrogen-bond donors (Lipinski definition) is 0. The molecule has 0 bridgehead atoms. The minimum Gasteiger partial charge on any atom is -0.426 e. The highest BCUT2D eigenvalue weighted by Gasteiger charge is 2.36. The molecule has 10 aromatic rings. The molecule has 0 aromatic heterocycles. The van der Waals surface area contributed by atoms with Gasteiger partial charge in [-0.25, -0.2) is 0 Å². The van der Waals surface area contributed by atoms with E-state index in [1.165, 1.54) is 186 Å². The van der Waals surface area contributed by atoms with Crippen LogP contribution in [0.4, 0.5) is 0 Å². The second-order valence-corrected chi connectivity index (χ2v) is 43.9. The van der Waals surface area contributed by atoms with Gasteiger partial charge in [0.15, 0.2) is 24.5 Å². The SMILES string of the molecule is CC(C)(C)C(=O)Oc1ccc([S+]2CCCC2)c2ccccc12.CC(C)(C)C(=O)Oc1ccc([S+]2CCCCC2)c2ccccc12.CCC(=O)Oc1ccc([S+]2CCCC2)c2ccccc12.O=C(Oc1ccc([S+]2CCCC2)c2ccccc12)C1CCCC1.O=C(Oc1ccc([S+]2CCCCC2)c2ccccc12)C1CCCC1. The summed E-state index contributed by atoms with van der Waals surface area (Å²) >= 11 is 0. The number of esters is 5. The Hall–Kier alpha value is -7.40. The molecule has 0 radical (unpaired) electrons. The van der Waals surface area contributed by atoms with Crippen molar-refractivity contribution < 1.29 is 47.7 Å². The van der Waals surface area contributed by atoms with E-state index in [-0.39, 0.29) is 41.7 Å². The quantitative estimate of drug-likeness (QED) is 0.0624. The summed E-state index contributed by atoms with van der Waals surface area (Å²) < 4.78 is 28.4. The lowest BCUT2D eigenvalue weighted by Crippen LogP contribution is -2.25. The molecule has 0 N–H and O–H groups in total. The average Bonchev–Trinajstić information content (AvgIpc) is 1.08. The van der Waals surface area contributed by atoms with E-state index in [4.69, 9.17) is 23.7 Å². The fourth-order valence-corrected chi connectivity index (χ4v) is 28.5. The fraction of sp³-hybridized carbons (Fsp3) is 0.433. The first-order valence-corrected chi connectivity index (χ1v) is 49.2. The molecule has 0 amide bonds. The van der Waals surface area contributed by atoms with Crippen LogP contribution in [-0.2, 0) is 78.4 Å². The van der Waals surface area contributed by atoms with Gasteiger partial charge in [0.25, 0.3) is 0 Å². The molecular formula is C97H115O10S5+5. The number of carbonyl (C=O) groups excluding carboxylic acids is 5. The highest BCUT2D eigenvalue weighted by molar-refractivity contribution is 7.98. The highest BCUT2D eigenvalue weighted by Crippen LogP contribution is 2.42. The van der Waals surface area contributed by atoms with Crippen molar-refractivity contribution in [3.63, 3.8) is 0 Å². The van der Waals surface area contributed by atoms with E-state index < -0.39 is 10.8 Å². The Morgan fingerprint density at radius 1 is 0.268 bits per heavy atom. The molecular weight excluding hydrogens is 1490 g/mol. The number of ether oxygens (including phenoxy) is 5. The summed E-state index contributed by atoms with van der Waals surface area (Å²) in [5.41, 5.74) is -0.988. The van der Waals surface area contributed by atoms with Crippen LogP contribution in [0.1, 0.15) is 183 Å². The molecule has 0 atom stereocenters. The van der Waals surface area contributed by atoms with Crippen molar-refractivity contribution in [2.24, 2.45) is 22.7 Å². The lowest BCUT2D eigenvalue weighted by molar-refractivity contribution is -0.143. The van der Waals surface area contributed by atoms with Crippen LogP contribution in [0.5, 0.6) is 28.7 Å². The van der Waals surface area contributed by atoms with Crippen molar-refractivity contribution >= 4 is 138 Å². The molecule has 5 saturated heterocycles. The summed E-state index contributed by atoms with van der Waals surface area (Å²) in [6.45, 7) is 13.1. The van der Waals surface area contributed by atoms with Crippen molar-refractivity contribution in [2.75, 3.05) is 57.5 Å². The van der Waals surface area contributed by atoms with E-state index >= 15 is 0 Å². The standard InChI is InChI=1S/C21H25O2S.C20H23O2S.C20H25O2S.C19H23O2S.C17H19O2S/c22-21(16-8-2-3-9-16)23-19-12-13-20(24-14-6-1-7-15-24)18-11-5-4-10-17(18)19;21-20(15-7-1-2-8-15)22-18-11-12-19(23-13-5-6-14-23)17-10-4-3-9-16(17)18;1-20(2,3)19(21)22-17-11-12-18(23-13-7-4-8-14-23)16-10-6-5-9-15(16)17;1-19(2,3)18(20)21-16-10-11-17(22-12-6-7-13-22)15-9-5-4-8-14(15)16;1-2-17(18)19-15-9-10-16(20-11-5-6-12-20)14-8-4-3-7-13(14)15/h4-5,10-13,16H,1-3,6-9,14-15H2;3-4,9-12,15H,1-2,5-8,13-14H2;5-6,9-12H,4,7-8,13-14H2,1-3H3;4-5,8-11H,6-7,12-13H2,1-3H3;3-4,7-10H,2,5-6,11-12H2,1H3/q5*+1. The molecule has 0 spiro atoms. The molecule has 2 saturated carbocycles.